The monoisotopic (exact) mass is 279 g/mol. The Hall–Kier alpha value is -2.22. The highest BCUT2D eigenvalue weighted by molar-refractivity contribution is 5.75. The van der Waals surface area contributed by atoms with Crippen molar-refractivity contribution in [3.05, 3.63) is 18.4 Å². The first-order chi connectivity index (χ1) is 9.72. The fourth-order valence-electron chi connectivity index (χ4n) is 1.75. The standard InChI is InChI=1S/C12H17N5O3/c1-2-9(5-6-18)13-11(19)8-17-15-12(14-16-17)10-4-3-7-20-10/h3-4,7,9,18H,2,5-6,8H2,1H3,(H,13,19). The Balaban J connectivity index is 1.91. The number of rotatable bonds is 7. The van der Waals surface area contributed by atoms with E-state index in [-0.39, 0.29) is 25.1 Å². The second-order valence-electron chi connectivity index (χ2n) is 4.31. The third kappa shape index (κ3) is 3.64. The molecular formula is C12H17N5O3. The molecule has 0 radical (unpaired) electrons. The highest BCUT2D eigenvalue weighted by Gasteiger charge is 2.13. The maximum Gasteiger partial charge on any atom is 0.243 e. The highest BCUT2D eigenvalue weighted by atomic mass is 16.3. The number of aliphatic hydroxyl groups excluding tert-OH is 1. The highest BCUT2D eigenvalue weighted by Crippen LogP contribution is 2.12. The van der Waals surface area contributed by atoms with Crippen LogP contribution in [0.2, 0.25) is 0 Å². The van der Waals surface area contributed by atoms with Crippen molar-refractivity contribution in [2.24, 2.45) is 0 Å². The van der Waals surface area contributed by atoms with Crippen LogP contribution >= 0.6 is 0 Å². The van der Waals surface area contributed by atoms with E-state index in [1.807, 2.05) is 6.92 Å². The molecule has 2 heterocycles. The smallest absolute Gasteiger partial charge is 0.243 e. The molecule has 2 aromatic rings. The number of aliphatic hydroxyl groups is 1. The summed E-state index contributed by atoms with van der Waals surface area (Å²) in [4.78, 5) is 13.0. The molecule has 2 aromatic heterocycles. The van der Waals surface area contributed by atoms with Gasteiger partial charge in [-0.2, -0.15) is 4.80 Å². The van der Waals surface area contributed by atoms with Crippen LogP contribution in [0.1, 0.15) is 19.8 Å². The molecule has 0 saturated carbocycles. The van der Waals surface area contributed by atoms with Crippen LogP contribution in [0.5, 0.6) is 0 Å². The minimum absolute atomic E-state index is 0.0182. The number of nitrogens with one attached hydrogen (secondary N) is 1. The van der Waals surface area contributed by atoms with E-state index in [9.17, 15) is 4.79 Å². The van der Waals surface area contributed by atoms with E-state index in [0.29, 0.717) is 18.0 Å². The molecule has 20 heavy (non-hydrogen) atoms. The van der Waals surface area contributed by atoms with Gasteiger partial charge in [-0.25, -0.2) is 0 Å². The Kier molecular flexibility index (Phi) is 4.83. The van der Waals surface area contributed by atoms with Crippen molar-refractivity contribution in [2.75, 3.05) is 6.61 Å². The van der Waals surface area contributed by atoms with Crippen LogP contribution in [0.25, 0.3) is 11.6 Å². The van der Waals surface area contributed by atoms with Gasteiger partial charge in [0.2, 0.25) is 11.7 Å². The van der Waals surface area contributed by atoms with E-state index >= 15 is 0 Å². The molecular weight excluding hydrogens is 262 g/mol. The minimum atomic E-state index is -0.214. The first-order valence-corrected chi connectivity index (χ1v) is 6.44. The van der Waals surface area contributed by atoms with Crippen LogP contribution in [0.3, 0.4) is 0 Å². The lowest BCUT2D eigenvalue weighted by molar-refractivity contribution is -0.122. The van der Waals surface area contributed by atoms with Gasteiger partial charge < -0.3 is 14.8 Å². The fourth-order valence-corrected chi connectivity index (χ4v) is 1.75. The molecule has 0 bridgehead atoms. The molecule has 0 spiro atoms. The van der Waals surface area contributed by atoms with Crippen molar-refractivity contribution in [2.45, 2.75) is 32.4 Å². The Morgan fingerprint density at radius 1 is 1.60 bits per heavy atom. The Morgan fingerprint density at radius 3 is 3.10 bits per heavy atom. The van der Waals surface area contributed by atoms with Crippen LogP contribution in [-0.2, 0) is 11.3 Å². The number of aromatic nitrogens is 4. The third-order valence-corrected chi connectivity index (χ3v) is 2.81. The summed E-state index contributed by atoms with van der Waals surface area (Å²) in [5, 5.41) is 23.4. The number of furan rings is 1. The molecule has 1 atom stereocenters. The average molecular weight is 279 g/mol. The molecule has 0 saturated heterocycles. The average Bonchev–Trinajstić information content (AvgIpc) is 3.08. The van der Waals surface area contributed by atoms with Crippen molar-refractivity contribution in [1.29, 1.82) is 0 Å². The molecule has 0 aromatic carbocycles. The van der Waals surface area contributed by atoms with Gasteiger partial charge in [-0.05, 0) is 30.2 Å². The number of carbonyl (C=O) groups excluding carboxylic acids is 1. The van der Waals surface area contributed by atoms with Crippen molar-refractivity contribution < 1.29 is 14.3 Å². The first kappa shape index (κ1) is 14.2. The SMILES string of the molecule is CCC(CCO)NC(=O)Cn1nnc(-c2ccco2)n1. The minimum Gasteiger partial charge on any atom is -0.461 e. The summed E-state index contributed by atoms with van der Waals surface area (Å²) in [7, 11) is 0. The van der Waals surface area contributed by atoms with Gasteiger partial charge in [0, 0.05) is 12.6 Å². The number of hydrogen-bond donors (Lipinski definition) is 2. The molecule has 2 rings (SSSR count). The molecule has 8 nitrogen and oxygen atoms in total. The Morgan fingerprint density at radius 2 is 2.45 bits per heavy atom. The van der Waals surface area contributed by atoms with E-state index in [1.54, 1.807) is 12.1 Å². The lowest BCUT2D eigenvalue weighted by atomic mass is 10.1. The molecule has 2 N–H and O–H groups in total. The van der Waals surface area contributed by atoms with Crippen LogP contribution in [0.4, 0.5) is 0 Å². The summed E-state index contributed by atoms with van der Waals surface area (Å²) in [6.45, 7) is 1.97. The second-order valence-corrected chi connectivity index (χ2v) is 4.31. The summed E-state index contributed by atoms with van der Waals surface area (Å²) in [6.07, 6.45) is 2.81. The van der Waals surface area contributed by atoms with Gasteiger partial charge >= 0.3 is 0 Å². The van der Waals surface area contributed by atoms with Gasteiger partial charge in [0.1, 0.15) is 6.54 Å². The molecule has 1 amide bonds. The summed E-state index contributed by atoms with van der Waals surface area (Å²) < 4.78 is 5.15. The van der Waals surface area contributed by atoms with Gasteiger partial charge in [-0.1, -0.05) is 6.92 Å². The zero-order valence-electron chi connectivity index (χ0n) is 11.2. The van der Waals surface area contributed by atoms with E-state index < -0.39 is 0 Å². The zero-order chi connectivity index (χ0) is 14.4. The maximum absolute atomic E-state index is 11.8. The van der Waals surface area contributed by atoms with Crippen LogP contribution < -0.4 is 5.32 Å². The number of carbonyl (C=O) groups is 1. The summed E-state index contributed by atoms with van der Waals surface area (Å²) in [6, 6.07) is 3.40. The molecule has 0 aliphatic heterocycles. The molecule has 108 valence electrons. The van der Waals surface area contributed by atoms with Gasteiger partial charge in [0.15, 0.2) is 5.76 Å². The third-order valence-electron chi connectivity index (χ3n) is 2.81. The fraction of sp³-hybridized carbons (Fsp3) is 0.500. The Labute approximate surface area is 115 Å². The predicted octanol–water partition coefficient (Wildman–Crippen LogP) is 0.210. The summed E-state index contributed by atoms with van der Waals surface area (Å²) in [5.41, 5.74) is 0. The largest absolute Gasteiger partial charge is 0.461 e. The van der Waals surface area contributed by atoms with E-state index in [4.69, 9.17) is 9.52 Å². The number of nitrogens with zero attached hydrogens (tertiary/aromatic N) is 4. The summed E-state index contributed by atoms with van der Waals surface area (Å²) >= 11 is 0. The van der Waals surface area contributed by atoms with Crippen molar-refractivity contribution >= 4 is 5.91 Å². The van der Waals surface area contributed by atoms with E-state index in [1.165, 1.54) is 11.1 Å². The number of tetrazole rings is 1. The first-order valence-electron chi connectivity index (χ1n) is 6.44. The quantitative estimate of drug-likeness (QED) is 0.750. The van der Waals surface area contributed by atoms with Crippen molar-refractivity contribution in [1.82, 2.24) is 25.5 Å². The Bertz CT molecular complexity index is 537. The molecule has 0 aliphatic rings. The van der Waals surface area contributed by atoms with Crippen molar-refractivity contribution in [3.63, 3.8) is 0 Å². The van der Waals surface area contributed by atoms with Crippen molar-refractivity contribution in [3.8, 4) is 11.6 Å². The van der Waals surface area contributed by atoms with Crippen LogP contribution in [0.15, 0.2) is 22.8 Å². The zero-order valence-corrected chi connectivity index (χ0v) is 11.2. The molecule has 1 unspecified atom stereocenters. The van der Waals surface area contributed by atoms with Gasteiger partial charge in [-0.15, -0.1) is 10.2 Å². The maximum atomic E-state index is 11.8. The predicted molar refractivity (Wildman–Crippen MR) is 69.4 cm³/mol. The second kappa shape index (κ2) is 6.80. The van der Waals surface area contributed by atoms with Gasteiger partial charge in [-0.3, -0.25) is 4.79 Å². The van der Waals surface area contributed by atoms with Gasteiger partial charge in [0.05, 0.1) is 6.26 Å². The van der Waals surface area contributed by atoms with Gasteiger partial charge in [0.25, 0.3) is 0 Å². The van der Waals surface area contributed by atoms with E-state index in [2.05, 4.69) is 20.7 Å². The normalized spacial score (nSPS) is 12.3. The number of hydrogen-bond acceptors (Lipinski definition) is 6. The van der Waals surface area contributed by atoms with E-state index in [0.717, 1.165) is 6.42 Å². The molecule has 0 aliphatic carbocycles. The number of amides is 1. The lowest BCUT2D eigenvalue weighted by Gasteiger charge is -2.14. The lowest BCUT2D eigenvalue weighted by Crippen LogP contribution is -2.37. The topological polar surface area (TPSA) is 106 Å². The molecule has 8 heteroatoms. The van der Waals surface area contributed by atoms with Crippen LogP contribution in [0, 0.1) is 0 Å². The van der Waals surface area contributed by atoms with Crippen LogP contribution in [-0.4, -0.2) is 43.9 Å². The molecule has 0 fully saturated rings. The summed E-state index contributed by atoms with van der Waals surface area (Å²) in [5.74, 6) is 0.627.